The largest absolute Gasteiger partial charge is 0.493 e. The van der Waals surface area contributed by atoms with E-state index in [2.05, 4.69) is 9.97 Å². The third-order valence-electron chi connectivity index (χ3n) is 2.50. The highest BCUT2D eigenvalue weighted by atomic mass is 16.4. The predicted molar refractivity (Wildman–Crippen MR) is 60.7 cm³/mol. The maximum Gasteiger partial charge on any atom is 0.306 e. The van der Waals surface area contributed by atoms with Crippen molar-refractivity contribution >= 4 is 11.9 Å². The molecule has 0 amide bonds. The second-order valence-corrected chi connectivity index (χ2v) is 3.88. The van der Waals surface area contributed by atoms with Crippen molar-refractivity contribution in [1.82, 2.24) is 9.97 Å². The zero-order chi connectivity index (χ0) is 13.0. The fourth-order valence-electron chi connectivity index (χ4n) is 1.44. The summed E-state index contributed by atoms with van der Waals surface area (Å²) in [5, 5.41) is 18.1. The van der Waals surface area contributed by atoms with E-state index in [0.29, 0.717) is 12.8 Å². The zero-order valence-electron chi connectivity index (χ0n) is 9.43. The van der Waals surface area contributed by atoms with Gasteiger partial charge in [-0.3, -0.25) is 14.6 Å². The number of nitrogens with two attached hydrogens (primary N) is 1. The van der Waals surface area contributed by atoms with Crippen LogP contribution >= 0.6 is 0 Å². The molecule has 1 atom stereocenters. The molecule has 0 aromatic carbocycles. The summed E-state index contributed by atoms with van der Waals surface area (Å²) in [4.78, 5) is 27.8. The van der Waals surface area contributed by atoms with E-state index in [-0.39, 0.29) is 17.9 Å². The molecule has 0 aliphatic carbocycles. The normalized spacial score (nSPS) is 12.3. The number of carbonyl (C=O) groups is 1. The van der Waals surface area contributed by atoms with Crippen LogP contribution in [0, 0.1) is 5.92 Å². The van der Waals surface area contributed by atoms with E-state index >= 15 is 0 Å². The Balaban J connectivity index is 2.64. The van der Waals surface area contributed by atoms with Gasteiger partial charge < -0.3 is 15.9 Å². The second-order valence-electron chi connectivity index (χ2n) is 3.88. The van der Waals surface area contributed by atoms with Gasteiger partial charge in [0.15, 0.2) is 0 Å². The molecule has 94 valence electrons. The second kappa shape index (κ2) is 5.33. The van der Waals surface area contributed by atoms with Gasteiger partial charge in [-0.2, -0.15) is 4.98 Å². The number of aromatic nitrogens is 2. The molecule has 7 nitrogen and oxygen atoms in total. The Kier molecular flexibility index (Phi) is 4.08. The molecule has 0 aliphatic heterocycles. The summed E-state index contributed by atoms with van der Waals surface area (Å²) in [5.74, 6) is -1.89. The average Bonchev–Trinajstić information content (AvgIpc) is 2.21. The quantitative estimate of drug-likeness (QED) is 0.578. The smallest absolute Gasteiger partial charge is 0.306 e. The number of carboxylic acids is 1. The highest BCUT2D eigenvalue weighted by Gasteiger charge is 2.13. The highest BCUT2D eigenvalue weighted by Crippen LogP contribution is 2.14. The van der Waals surface area contributed by atoms with E-state index in [1.54, 1.807) is 6.92 Å². The summed E-state index contributed by atoms with van der Waals surface area (Å²) in [6, 6.07) is 0. The van der Waals surface area contributed by atoms with Crippen LogP contribution in [0.4, 0.5) is 5.95 Å². The number of nitrogens with one attached hydrogen (secondary N) is 1. The molecule has 1 rings (SSSR count). The highest BCUT2D eigenvalue weighted by molar-refractivity contribution is 5.69. The molecule has 5 N–H and O–H groups in total. The van der Waals surface area contributed by atoms with Crippen LogP contribution in [0.1, 0.15) is 25.3 Å². The van der Waals surface area contributed by atoms with Crippen LogP contribution in [0.5, 0.6) is 5.88 Å². The number of nitrogens with zero attached hydrogens (tertiary/aromatic N) is 1. The number of rotatable bonds is 5. The maximum atomic E-state index is 11.4. The number of anilines is 1. The number of H-pyrrole nitrogens is 1. The molecule has 0 saturated carbocycles. The SMILES string of the molecule is C[C@@H](CCCc1c(O)nc(N)[nH]c1=O)C(=O)O. The molecular weight excluding hydrogens is 226 g/mol. The van der Waals surface area contributed by atoms with Crippen molar-refractivity contribution in [3.05, 3.63) is 15.9 Å². The first-order chi connectivity index (χ1) is 7.91. The lowest BCUT2D eigenvalue weighted by atomic mass is 10.0. The standard InChI is InChI=1S/C10H15N3O4/c1-5(9(16)17)3-2-4-6-7(14)12-10(11)13-8(6)15/h5H,2-4H2,1H3,(H,16,17)(H4,11,12,13,14,15)/t5-/m0/s1. The van der Waals surface area contributed by atoms with Gasteiger partial charge in [0.25, 0.3) is 5.56 Å². The summed E-state index contributed by atoms with van der Waals surface area (Å²) in [6.45, 7) is 1.59. The minimum Gasteiger partial charge on any atom is -0.493 e. The van der Waals surface area contributed by atoms with Gasteiger partial charge in [0, 0.05) is 0 Å². The van der Waals surface area contributed by atoms with Gasteiger partial charge in [-0.15, -0.1) is 0 Å². The fourth-order valence-corrected chi connectivity index (χ4v) is 1.44. The molecule has 17 heavy (non-hydrogen) atoms. The van der Waals surface area contributed by atoms with Crippen molar-refractivity contribution in [2.45, 2.75) is 26.2 Å². The van der Waals surface area contributed by atoms with E-state index < -0.39 is 23.3 Å². The van der Waals surface area contributed by atoms with Crippen LogP contribution in [-0.2, 0) is 11.2 Å². The molecule has 0 aliphatic rings. The fraction of sp³-hybridized carbons (Fsp3) is 0.500. The molecule has 0 radical (unpaired) electrons. The minimum absolute atomic E-state index is 0.136. The summed E-state index contributed by atoms with van der Waals surface area (Å²) in [7, 11) is 0. The summed E-state index contributed by atoms with van der Waals surface area (Å²) in [5.41, 5.74) is 4.89. The van der Waals surface area contributed by atoms with Crippen LogP contribution in [0.3, 0.4) is 0 Å². The van der Waals surface area contributed by atoms with Crippen molar-refractivity contribution in [2.24, 2.45) is 5.92 Å². The number of hydrogen-bond donors (Lipinski definition) is 4. The molecule has 0 fully saturated rings. The Morgan fingerprint density at radius 3 is 2.76 bits per heavy atom. The van der Waals surface area contributed by atoms with Crippen molar-refractivity contribution in [2.75, 3.05) is 5.73 Å². The number of aromatic hydroxyl groups is 1. The minimum atomic E-state index is -0.876. The Labute approximate surface area is 97.3 Å². The number of carboxylic acid groups (broad SMARTS) is 1. The van der Waals surface area contributed by atoms with E-state index in [0.717, 1.165) is 0 Å². The summed E-state index contributed by atoms with van der Waals surface area (Å²) in [6.07, 6.45) is 1.18. The number of aliphatic carboxylic acids is 1. The molecule has 1 heterocycles. The molecule has 1 aromatic heterocycles. The lowest BCUT2D eigenvalue weighted by molar-refractivity contribution is -0.141. The number of aromatic amines is 1. The van der Waals surface area contributed by atoms with Crippen molar-refractivity contribution in [1.29, 1.82) is 0 Å². The van der Waals surface area contributed by atoms with Gasteiger partial charge >= 0.3 is 5.97 Å². The lowest BCUT2D eigenvalue weighted by Gasteiger charge is -2.06. The van der Waals surface area contributed by atoms with Crippen LogP contribution in [0.2, 0.25) is 0 Å². The number of nitrogen functional groups attached to an aromatic ring is 1. The average molecular weight is 241 g/mol. The van der Waals surface area contributed by atoms with Crippen molar-refractivity contribution < 1.29 is 15.0 Å². The maximum absolute atomic E-state index is 11.4. The van der Waals surface area contributed by atoms with Gasteiger partial charge in [0.1, 0.15) is 0 Å². The Morgan fingerprint density at radius 1 is 1.59 bits per heavy atom. The van der Waals surface area contributed by atoms with Gasteiger partial charge in [-0.1, -0.05) is 6.92 Å². The van der Waals surface area contributed by atoms with E-state index in [4.69, 9.17) is 10.8 Å². The molecule has 1 aromatic rings. The monoisotopic (exact) mass is 241 g/mol. The van der Waals surface area contributed by atoms with Crippen LogP contribution in [-0.4, -0.2) is 26.2 Å². The van der Waals surface area contributed by atoms with Crippen molar-refractivity contribution in [3.8, 4) is 5.88 Å². The zero-order valence-corrected chi connectivity index (χ0v) is 9.43. The van der Waals surface area contributed by atoms with Gasteiger partial charge in [-0.25, -0.2) is 0 Å². The Bertz CT molecular complexity index is 469. The topological polar surface area (TPSA) is 129 Å². The van der Waals surface area contributed by atoms with E-state index in [9.17, 15) is 14.7 Å². The predicted octanol–water partition coefficient (Wildman–Crippen LogP) is 0.101. The molecule has 0 saturated heterocycles. The van der Waals surface area contributed by atoms with Gasteiger partial charge in [0.2, 0.25) is 11.8 Å². The molecular formula is C10H15N3O4. The first kappa shape index (κ1) is 13.0. The van der Waals surface area contributed by atoms with Crippen molar-refractivity contribution in [3.63, 3.8) is 0 Å². The lowest BCUT2D eigenvalue weighted by Crippen LogP contribution is -2.17. The van der Waals surface area contributed by atoms with E-state index in [1.807, 2.05) is 0 Å². The molecule has 0 bridgehead atoms. The van der Waals surface area contributed by atoms with Crippen LogP contribution in [0.25, 0.3) is 0 Å². The van der Waals surface area contributed by atoms with Crippen LogP contribution in [0.15, 0.2) is 4.79 Å². The first-order valence-electron chi connectivity index (χ1n) is 5.22. The number of hydrogen-bond acceptors (Lipinski definition) is 5. The molecule has 0 spiro atoms. The Hall–Kier alpha value is -2.05. The third kappa shape index (κ3) is 3.47. The van der Waals surface area contributed by atoms with Gasteiger partial charge in [-0.05, 0) is 19.3 Å². The summed E-state index contributed by atoms with van der Waals surface area (Å²) < 4.78 is 0. The molecule has 0 unspecified atom stereocenters. The van der Waals surface area contributed by atoms with Crippen LogP contribution < -0.4 is 11.3 Å². The Morgan fingerprint density at radius 2 is 2.24 bits per heavy atom. The molecule has 7 heteroatoms. The van der Waals surface area contributed by atoms with Gasteiger partial charge in [0.05, 0.1) is 11.5 Å². The first-order valence-corrected chi connectivity index (χ1v) is 5.22. The third-order valence-corrected chi connectivity index (χ3v) is 2.50. The summed E-state index contributed by atoms with van der Waals surface area (Å²) >= 11 is 0. The van der Waals surface area contributed by atoms with E-state index in [1.165, 1.54) is 0 Å².